The molecule has 6 nitrogen and oxygen atoms in total. The highest BCUT2D eigenvalue weighted by Crippen LogP contribution is 2.38. The van der Waals surface area contributed by atoms with E-state index in [1.165, 1.54) is 7.11 Å². The molecule has 0 radical (unpaired) electrons. The number of imide groups is 1. The Labute approximate surface area is 188 Å². The highest BCUT2D eigenvalue weighted by Gasteiger charge is 2.35. The van der Waals surface area contributed by atoms with E-state index in [0.717, 1.165) is 16.7 Å². The standard InChI is InChI=1S/C21H19Cl2NO5S/c1-3-28-17-11-13(10-15(23)19(17)27-2)12-18-20(25)24(21(26)30-18)8-9-29-16-7-5-4-6-14(16)22/h4-7,10-12H,3,8-9H2,1-2H3/b18-12-. The van der Waals surface area contributed by atoms with E-state index >= 15 is 0 Å². The SMILES string of the molecule is CCOc1cc(/C=C2\SC(=O)N(CCOc3ccccc3Cl)C2=O)cc(Cl)c1OC. The van der Waals surface area contributed by atoms with Crippen LogP contribution in [0.5, 0.6) is 17.2 Å². The van der Waals surface area contributed by atoms with Crippen LogP contribution in [0.2, 0.25) is 10.0 Å². The number of ether oxygens (including phenoxy) is 3. The highest BCUT2D eigenvalue weighted by molar-refractivity contribution is 8.18. The molecule has 0 spiro atoms. The molecular weight excluding hydrogens is 449 g/mol. The summed E-state index contributed by atoms with van der Waals surface area (Å²) in [5.41, 5.74) is 0.627. The smallest absolute Gasteiger partial charge is 0.293 e. The van der Waals surface area contributed by atoms with Gasteiger partial charge < -0.3 is 14.2 Å². The van der Waals surface area contributed by atoms with Gasteiger partial charge in [0, 0.05) is 0 Å². The Kier molecular flexibility index (Phi) is 7.53. The third kappa shape index (κ3) is 5.03. The van der Waals surface area contributed by atoms with Crippen LogP contribution in [0.1, 0.15) is 12.5 Å². The molecule has 1 aliphatic heterocycles. The number of halogens is 2. The van der Waals surface area contributed by atoms with Crippen LogP contribution in [0.15, 0.2) is 41.3 Å². The first-order valence-electron chi connectivity index (χ1n) is 9.07. The number of carbonyl (C=O) groups is 2. The molecule has 0 unspecified atom stereocenters. The van der Waals surface area contributed by atoms with Gasteiger partial charge in [0.15, 0.2) is 11.5 Å². The van der Waals surface area contributed by atoms with Gasteiger partial charge in [-0.05, 0) is 54.6 Å². The maximum atomic E-state index is 12.7. The van der Waals surface area contributed by atoms with Crippen molar-refractivity contribution in [2.75, 3.05) is 26.9 Å². The first-order valence-corrected chi connectivity index (χ1v) is 10.6. The summed E-state index contributed by atoms with van der Waals surface area (Å²) in [5, 5.41) is 0.453. The maximum absolute atomic E-state index is 12.7. The van der Waals surface area contributed by atoms with Crippen LogP contribution in [0.4, 0.5) is 4.79 Å². The second-order valence-corrected chi connectivity index (χ2v) is 7.89. The molecule has 158 valence electrons. The number of thioether (sulfide) groups is 1. The third-order valence-electron chi connectivity index (χ3n) is 4.12. The van der Waals surface area contributed by atoms with Gasteiger partial charge in [-0.25, -0.2) is 0 Å². The van der Waals surface area contributed by atoms with Gasteiger partial charge in [-0.15, -0.1) is 0 Å². The van der Waals surface area contributed by atoms with Crippen LogP contribution >= 0.6 is 35.0 Å². The first-order chi connectivity index (χ1) is 14.4. The van der Waals surface area contributed by atoms with Gasteiger partial charge in [-0.3, -0.25) is 14.5 Å². The number of hydrogen-bond acceptors (Lipinski definition) is 6. The minimum absolute atomic E-state index is 0.112. The molecule has 0 bridgehead atoms. The van der Waals surface area contributed by atoms with Gasteiger partial charge in [0.1, 0.15) is 12.4 Å². The van der Waals surface area contributed by atoms with E-state index in [1.54, 1.807) is 42.5 Å². The van der Waals surface area contributed by atoms with Crippen LogP contribution in [-0.4, -0.2) is 42.9 Å². The number of benzene rings is 2. The quantitative estimate of drug-likeness (QED) is 0.476. The number of nitrogens with zero attached hydrogens (tertiary/aromatic N) is 1. The molecule has 1 aliphatic rings. The van der Waals surface area contributed by atoms with E-state index in [2.05, 4.69) is 0 Å². The van der Waals surface area contributed by atoms with Crippen molar-refractivity contribution in [2.24, 2.45) is 0 Å². The van der Waals surface area contributed by atoms with Gasteiger partial charge in [0.25, 0.3) is 11.1 Å². The van der Waals surface area contributed by atoms with Crippen molar-refractivity contribution in [3.63, 3.8) is 0 Å². The van der Waals surface area contributed by atoms with Crippen LogP contribution in [0.3, 0.4) is 0 Å². The van der Waals surface area contributed by atoms with Crippen molar-refractivity contribution in [1.29, 1.82) is 0 Å². The molecule has 0 saturated carbocycles. The number of carbonyl (C=O) groups excluding carboxylic acids is 2. The topological polar surface area (TPSA) is 65.1 Å². The van der Waals surface area contributed by atoms with E-state index in [0.29, 0.717) is 44.4 Å². The van der Waals surface area contributed by atoms with E-state index < -0.39 is 5.91 Å². The molecule has 0 aliphatic carbocycles. The van der Waals surface area contributed by atoms with Crippen molar-refractivity contribution in [1.82, 2.24) is 4.90 Å². The molecule has 1 heterocycles. The van der Waals surface area contributed by atoms with Crippen molar-refractivity contribution in [3.05, 3.63) is 56.9 Å². The summed E-state index contributed by atoms with van der Waals surface area (Å²) in [6, 6.07) is 10.4. The number of rotatable bonds is 8. The molecule has 30 heavy (non-hydrogen) atoms. The Bertz CT molecular complexity index is 995. The zero-order valence-electron chi connectivity index (χ0n) is 16.3. The van der Waals surface area contributed by atoms with Gasteiger partial charge in [-0.2, -0.15) is 0 Å². The minimum Gasteiger partial charge on any atom is -0.491 e. The predicted octanol–water partition coefficient (Wildman–Crippen LogP) is 5.52. The molecule has 1 saturated heterocycles. The van der Waals surface area contributed by atoms with Gasteiger partial charge in [0.2, 0.25) is 0 Å². The fraction of sp³-hybridized carbons (Fsp3) is 0.238. The van der Waals surface area contributed by atoms with Crippen LogP contribution < -0.4 is 14.2 Å². The fourth-order valence-electron chi connectivity index (χ4n) is 2.79. The molecule has 0 aromatic heterocycles. The Morgan fingerprint density at radius 2 is 1.83 bits per heavy atom. The van der Waals surface area contributed by atoms with Crippen LogP contribution in [0.25, 0.3) is 6.08 Å². The summed E-state index contributed by atoms with van der Waals surface area (Å²) in [6.07, 6.45) is 1.60. The normalized spacial score (nSPS) is 15.1. The Morgan fingerprint density at radius 1 is 1.07 bits per heavy atom. The summed E-state index contributed by atoms with van der Waals surface area (Å²) < 4.78 is 16.4. The zero-order chi connectivity index (χ0) is 21.7. The number of hydrogen-bond donors (Lipinski definition) is 0. The Balaban J connectivity index is 1.72. The van der Waals surface area contributed by atoms with E-state index in [9.17, 15) is 9.59 Å². The van der Waals surface area contributed by atoms with Crippen LogP contribution in [-0.2, 0) is 4.79 Å². The first kappa shape index (κ1) is 22.3. The molecule has 2 aromatic carbocycles. The molecule has 0 atom stereocenters. The van der Waals surface area contributed by atoms with Crippen molar-refractivity contribution < 1.29 is 23.8 Å². The average Bonchev–Trinajstić information content (AvgIpc) is 2.97. The number of amides is 2. The summed E-state index contributed by atoms with van der Waals surface area (Å²) in [5.74, 6) is 0.988. The lowest BCUT2D eigenvalue weighted by Crippen LogP contribution is -2.32. The van der Waals surface area contributed by atoms with Gasteiger partial charge in [-0.1, -0.05) is 35.3 Å². The third-order valence-corrected chi connectivity index (χ3v) is 5.62. The zero-order valence-corrected chi connectivity index (χ0v) is 18.6. The summed E-state index contributed by atoms with van der Waals surface area (Å²) in [6.45, 7) is 2.52. The molecule has 1 fully saturated rings. The Morgan fingerprint density at radius 3 is 2.53 bits per heavy atom. The van der Waals surface area contributed by atoms with Crippen molar-refractivity contribution in [3.8, 4) is 17.2 Å². The summed E-state index contributed by atoms with van der Waals surface area (Å²) in [7, 11) is 1.50. The monoisotopic (exact) mass is 467 g/mol. The molecule has 2 aromatic rings. The lowest BCUT2D eigenvalue weighted by Gasteiger charge is -2.14. The number of methoxy groups -OCH3 is 1. The second kappa shape index (κ2) is 10.1. The summed E-state index contributed by atoms with van der Waals surface area (Å²) in [4.78, 5) is 26.4. The predicted molar refractivity (Wildman–Crippen MR) is 119 cm³/mol. The van der Waals surface area contributed by atoms with E-state index in [1.807, 2.05) is 6.92 Å². The highest BCUT2D eigenvalue weighted by atomic mass is 35.5. The number of para-hydroxylation sites is 1. The van der Waals surface area contributed by atoms with E-state index in [4.69, 9.17) is 37.4 Å². The van der Waals surface area contributed by atoms with Gasteiger partial charge >= 0.3 is 0 Å². The van der Waals surface area contributed by atoms with Crippen LogP contribution in [0, 0.1) is 0 Å². The maximum Gasteiger partial charge on any atom is 0.293 e. The molecule has 2 amide bonds. The van der Waals surface area contributed by atoms with Crippen molar-refractivity contribution in [2.45, 2.75) is 6.92 Å². The lowest BCUT2D eigenvalue weighted by molar-refractivity contribution is -0.123. The summed E-state index contributed by atoms with van der Waals surface area (Å²) >= 11 is 13.2. The van der Waals surface area contributed by atoms with Gasteiger partial charge in [0.05, 0.1) is 35.2 Å². The average molecular weight is 468 g/mol. The molecule has 9 heteroatoms. The van der Waals surface area contributed by atoms with Crippen molar-refractivity contribution >= 4 is 52.2 Å². The fourth-order valence-corrected chi connectivity index (χ4v) is 4.14. The molecule has 3 rings (SSSR count). The molecular formula is C21H19Cl2NO5S. The minimum atomic E-state index is -0.391. The molecule has 0 N–H and O–H groups in total. The second-order valence-electron chi connectivity index (χ2n) is 6.08. The van der Waals surface area contributed by atoms with E-state index in [-0.39, 0.29) is 18.4 Å². The lowest BCUT2D eigenvalue weighted by atomic mass is 10.1. The Hall–Kier alpha value is -2.35. The largest absolute Gasteiger partial charge is 0.491 e.